The summed E-state index contributed by atoms with van der Waals surface area (Å²) in [5.74, 6) is 0. The molecule has 0 saturated carbocycles. The molecule has 0 spiro atoms. The largest absolute Gasteiger partial charge is 0.389 e. The summed E-state index contributed by atoms with van der Waals surface area (Å²) in [5, 5.41) is 3.58. The van der Waals surface area contributed by atoms with Crippen LogP contribution in [0.5, 0.6) is 0 Å². The van der Waals surface area contributed by atoms with Crippen LogP contribution in [-0.4, -0.2) is 11.0 Å². The van der Waals surface area contributed by atoms with Gasteiger partial charge in [-0.15, -0.1) is 0 Å². The van der Waals surface area contributed by atoms with Gasteiger partial charge in [-0.05, 0) is 52.0 Å². The molecule has 0 saturated heterocycles. The topological polar surface area (TPSA) is 38.0 Å². The van der Waals surface area contributed by atoms with Crippen molar-refractivity contribution in [3.63, 3.8) is 0 Å². The van der Waals surface area contributed by atoms with E-state index < -0.39 is 0 Å². The molecule has 1 aliphatic carbocycles. The number of rotatable bonds is 3. The van der Waals surface area contributed by atoms with Gasteiger partial charge in [0.25, 0.3) is 0 Å². The van der Waals surface area contributed by atoms with E-state index in [2.05, 4.69) is 45.5 Å². The van der Waals surface area contributed by atoms with Crippen LogP contribution in [0.3, 0.4) is 0 Å². The monoisotopic (exact) mass is 346 g/mol. The quantitative estimate of drug-likeness (QED) is 0.833. The molecule has 20 heavy (non-hydrogen) atoms. The van der Waals surface area contributed by atoms with Crippen LogP contribution in [0.1, 0.15) is 16.7 Å². The summed E-state index contributed by atoms with van der Waals surface area (Å²) in [7, 11) is 0. The van der Waals surface area contributed by atoms with Gasteiger partial charge >= 0.3 is 0 Å². The third-order valence-corrected chi connectivity index (χ3v) is 4.54. The van der Waals surface area contributed by atoms with E-state index in [0.717, 1.165) is 28.6 Å². The molecule has 0 amide bonds. The fourth-order valence-electron chi connectivity index (χ4n) is 2.78. The lowest BCUT2D eigenvalue weighted by Gasteiger charge is -2.17. The molecule has 3 N–H and O–H groups in total. The molecule has 3 rings (SSSR count). The van der Waals surface area contributed by atoms with Crippen molar-refractivity contribution in [2.75, 3.05) is 5.32 Å². The average molecular weight is 347 g/mol. The van der Waals surface area contributed by atoms with E-state index in [0.29, 0.717) is 11.0 Å². The highest BCUT2D eigenvalue weighted by Crippen LogP contribution is 2.29. The number of nitrogens with one attached hydrogen (secondary N) is 1. The number of hydrogen-bond donors (Lipinski definition) is 2. The third-order valence-electron chi connectivity index (χ3n) is 3.67. The Labute approximate surface area is 132 Å². The minimum absolute atomic E-state index is 0.398. The molecule has 1 aliphatic rings. The van der Waals surface area contributed by atoms with Crippen molar-refractivity contribution >= 4 is 38.8 Å². The first-order chi connectivity index (χ1) is 9.65. The molecular formula is C16H15BrN2S. The zero-order valence-electron chi connectivity index (χ0n) is 10.9. The summed E-state index contributed by atoms with van der Waals surface area (Å²) in [6, 6.07) is 15.0. The Balaban J connectivity index is 1.84. The van der Waals surface area contributed by atoms with Gasteiger partial charge in [0, 0.05) is 21.8 Å². The summed E-state index contributed by atoms with van der Waals surface area (Å²) in [4.78, 5) is 0.412. The van der Waals surface area contributed by atoms with Crippen LogP contribution in [0.2, 0.25) is 0 Å². The first-order valence-electron chi connectivity index (χ1n) is 6.57. The third kappa shape index (κ3) is 2.58. The van der Waals surface area contributed by atoms with Crippen molar-refractivity contribution in [3.05, 3.63) is 63.6 Å². The first kappa shape index (κ1) is 13.6. The Hall–Kier alpha value is -1.39. The maximum Gasteiger partial charge on any atom is 0.107 e. The number of benzene rings is 2. The Kier molecular flexibility index (Phi) is 3.76. The van der Waals surface area contributed by atoms with Gasteiger partial charge in [-0.1, -0.05) is 42.5 Å². The lowest BCUT2D eigenvalue weighted by Crippen LogP contribution is -2.22. The van der Waals surface area contributed by atoms with Crippen LogP contribution >= 0.6 is 28.1 Å². The van der Waals surface area contributed by atoms with Crippen LogP contribution in [0.15, 0.2) is 46.9 Å². The van der Waals surface area contributed by atoms with E-state index in [9.17, 15) is 0 Å². The molecule has 0 unspecified atom stereocenters. The van der Waals surface area contributed by atoms with E-state index in [1.807, 2.05) is 18.2 Å². The predicted molar refractivity (Wildman–Crippen MR) is 91.3 cm³/mol. The number of hydrogen-bond acceptors (Lipinski definition) is 2. The standard InChI is InChI=1S/C16H15BrN2S/c17-13-6-3-7-14(15(13)16(18)20)19-12-8-10-4-1-2-5-11(10)9-12/h1-7,12,19H,8-9H2,(H2,18,20). The molecule has 4 heteroatoms. The fraction of sp³-hybridized carbons (Fsp3) is 0.188. The summed E-state index contributed by atoms with van der Waals surface area (Å²) in [6.07, 6.45) is 2.08. The van der Waals surface area contributed by atoms with E-state index >= 15 is 0 Å². The van der Waals surface area contributed by atoms with Crippen LogP contribution in [0.4, 0.5) is 5.69 Å². The summed E-state index contributed by atoms with van der Waals surface area (Å²) in [5.41, 5.74) is 10.6. The number of halogens is 1. The molecule has 0 heterocycles. The van der Waals surface area contributed by atoms with Gasteiger partial charge in [-0.2, -0.15) is 0 Å². The Morgan fingerprint density at radius 3 is 2.35 bits per heavy atom. The predicted octanol–water partition coefficient (Wildman–Crippen LogP) is 3.66. The van der Waals surface area contributed by atoms with Crippen molar-refractivity contribution in [2.24, 2.45) is 5.73 Å². The molecule has 0 fully saturated rings. The SMILES string of the molecule is NC(=S)c1c(Br)cccc1NC1Cc2ccccc2C1. The lowest BCUT2D eigenvalue weighted by molar-refractivity contribution is 0.774. The van der Waals surface area contributed by atoms with Gasteiger partial charge in [0.1, 0.15) is 4.99 Å². The number of fused-ring (bicyclic) bond motifs is 1. The van der Waals surface area contributed by atoms with E-state index in [-0.39, 0.29) is 0 Å². The average Bonchev–Trinajstić information content (AvgIpc) is 2.80. The molecule has 0 radical (unpaired) electrons. The van der Waals surface area contributed by atoms with Crippen LogP contribution in [0.25, 0.3) is 0 Å². The lowest BCUT2D eigenvalue weighted by atomic mass is 10.1. The molecule has 0 aromatic heterocycles. The van der Waals surface area contributed by atoms with Crippen molar-refractivity contribution in [1.29, 1.82) is 0 Å². The zero-order valence-corrected chi connectivity index (χ0v) is 13.3. The molecule has 2 nitrogen and oxygen atoms in total. The maximum absolute atomic E-state index is 5.84. The fourth-order valence-corrected chi connectivity index (χ4v) is 3.71. The molecule has 0 aliphatic heterocycles. The van der Waals surface area contributed by atoms with Crippen molar-refractivity contribution < 1.29 is 0 Å². The highest BCUT2D eigenvalue weighted by molar-refractivity contribution is 9.10. The number of nitrogens with two attached hydrogens (primary N) is 1. The number of anilines is 1. The van der Waals surface area contributed by atoms with Crippen molar-refractivity contribution in [2.45, 2.75) is 18.9 Å². The van der Waals surface area contributed by atoms with E-state index in [4.69, 9.17) is 18.0 Å². The molecular weight excluding hydrogens is 332 g/mol. The Morgan fingerprint density at radius 2 is 1.75 bits per heavy atom. The first-order valence-corrected chi connectivity index (χ1v) is 7.77. The molecule has 0 bridgehead atoms. The Morgan fingerprint density at radius 1 is 1.10 bits per heavy atom. The smallest absolute Gasteiger partial charge is 0.107 e. The summed E-state index contributed by atoms with van der Waals surface area (Å²) < 4.78 is 0.936. The van der Waals surface area contributed by atoms with Gasteiger partial charge in [-0.25, -0.2) is 0 Å². The molecule has 2 aromatic rings. The van der Waals surface area contributed by atoms with Gasteiger partial charge < -0.3 is 11.1 Å². The van der Waals surface area contributed by atoms with Crippen LogP contribution in [0, 0.1) is 0 Å². The molecule has 2 aromatic carbocycles. The van der Waals surface area contributed by atoms with Crippen LogP contribution in [-0.2, 0) is 12.8 Å². The van der Waals surface area contributed by atoms with Gasteiger partial charge in [0.15, 0.2) is 0 Å². The second kappa shape index (κ2) is 5.54. The summed E-state index contributed by atoms with van der Waals surface area (Å²) >= 11 is 8.67. The highest BCUT2D eigenvalue weighted by Gasteiger charge is 2.22. The zero-order chi connectivity index (χ0) is 14.1. The van der Waals surface area contributed by atoms with Gasteiger partial charge in [0.2, 0.25) is 0 Å². The number of thiocarbonyl (C=S) groups is 1. The van der Waals surface area contributed by atoms with Crippen molar-refractivity contribution in [1.82, 2.24) is 0 Å². The second-order valence-electron chi connectivity index (χ2n) is 5.04. The maximum atomic E-state index is 5.84. The summed E-state index contributed by atoms with van der Waals surface area (Å²) in [6.45, 7) is 0. The van der Waals surface area contributed by atoms with Crippen molar-refractivity contribution in [3.8, 4) is 0 Å². The Bertz CT molecular complexity index is 644. The second-order valence-corrected chi connectivity index (χ2v) is 6.34. The van der Waals surface area contributed by atoms with E-state index in [1.54, 1.807) is 0 Å². The minimum Gasteiger partial charge on any atom is -0.389 e. The molecule has 0 atom stereocenters. The van der Waals surface area contributed by atoms with Gasteiger partial charge in [0.05, 0.1) is 0 Å². The normalized spacial score (nSPS) is 14.1. The van der Waals surface area contributed by atoms with Gasteiger partial charge in [-0.3, -0.25) is 0 Å². The minimum atomic E-state index is 0.398. The highest BCUT2D eigenvalue weighted by atomic mass is 79.9. The van der Waals surface area contributed by atoms with E-state index in [1.165, 1.54) is 11.1 Å². The van der Waals surface area contributed by atoms with Crippen LogP contribution < -0.4 is 11.1 Å². The molecule has 102 valence electrons.